The van der Waals surface area contributed by atoms with Crippen LogP contribution in [0.5, 0.6) is 0 Å². The number of likely N-dealkylation sites (N-methyl/N-ethyl adjacent to an activating group) is 1. The van der Waals surface area contributed by atoms with Crippen LogP contribution in [-0.2, 0) is 18.4 Å². The molecule has 0 aliphatic carbocycles. The SMILES string of the molecule is CCCCCCCCCCCCCCCCCCCCCC/C=C/CC/C=C/CC/C=C/C(O)C(COP(=O)([O-])OCC[N+](C)(C)C)NC(=O)CCCCCCCCCCCCCCCCCCCCCCCCCCCCCCCC. The molecule has 3 unspecified atom stereocenters. The average Bonchev–Trinajstić information content (AvgIpc) is 3.47. The number of quaternary nitrogens is 1. The van der Waals surface area contributed by atoms with Crippen molar-refractivity contribution in [3.8, 4) is 0 Å². The molecule has 486 valence electrons. The van der Waals surface area contributed by atoms with E-state index in [-0.39, 0.29) is 12.5 Å². The summed E-state index contributed by atoms with van der Waals surface area (Å²) in [5.74, 6) is -0.203. The summed E-state index contributed by atoms with van der Waals surface area (Å²) < 4.78 is 23.4. The number of allylic oxidation sites excluding steroid dienone is 5. The zero-order valence-corrected chi connectivity index (χ0v) is 56.6. The Morgan fingerprint density at radius 2 is 0.683 bits per heavy atom. The Bertz CT molecular complexity index is 1430. The molecule has 0 aromatic heterocycles. The molecule has 0 heterocycles. The average molecular weight is 1180 g/mol. The normalized spacial score (nSPS) is 13.8. The van der Waals surface area contributed by atoms with Crippen LogP contribution in [0.3, 0.4) is 0 Å². The minimum absolute atomic E-state index is 0.00703. The summed E-state index contributed by atoms with van der Waals surface area (Å²) in [6.07, 6.45) is 85.8. The molecule has 9 heteroatoms. The Morgan fingerprint density at radius 1 is 0.415 bits per heavy atom. The molecule has 0 radical (unpaired) electrons. The smallest absolute Gasteiger partial charge is 0.268 e. The first-order chi connectivity index (χ1) is 40.0. The van der Waals surface area contributed by atoms with Gasteiger partial charge in [-0.15, -0.1) is 0 Å². The number of amides is 1. The monoisotopic (exact) mass is 1180 g/mol. The van der Waals surface area contributed by atoms with E-state index >= 15 is 0 Å². The Kier molecular flexibility index (Phi) is 63.2. The number of nitrogens with one attached hydrogen (secondary N) is 1. The highest BCUT2D eigenvalue weighted by atomic mass is 31.2. The first-order valence-corrected chi connectivity index (χ1v) is 37.8. The third-order valence-corrected chi connectivity index (χ3v) is 17.8. The summed E-state index contributed by atoms with van der Waals surface area (Å²) in [6, 6.07) is -0.910. The third kappa shape index (κ3) is 66.2. The number of unbranched alkanes of at least 4 members (excludes halogenated alkanes) is 51. The lowest BCUT2D eigenvalue weighted by molar-refractivity contribution is -0.870. The van der Waals surface area contributed by atoms with Crippen molar-refractivity contribution >= 4 is 13.7 Å². The van der Waals surface area contributed by atoms with Crippen LogP contribution in [0.4, 0.5) is 0 Å². The van der Waals surface area contributed by atoms with E-state index in [4.69, 9.17) is 9.05 Å². The molecule has 8 nitrogen and oxygen atoms in total. The maximum atomic E-state index is 13.0. The zero-order chi connectivity index (χ0) is 59.8. The van der Waals surface area contributed by atoms with Crippen LogP contribution in [-0.4, -0.2) is 68.5 Å². The van der Waals surface area contributed by atoms with Crippen LogP contribution in [0.2, 0.25) is 0 Å². The molecular weight excluding hydrogens is 1030 g/mol. The zero-order valence-electron chi connectivity index (χ0n) is 55.7. The molecule has 0 saturated carbocycles. The quantitative estimate of drug-likeness (QED) is 0.0272. The van der Waals surface area contributed by atoms with Crippen molar-refractivity contribution in [2.24, 2.45) is 0 Å². The van der Waals surface area contributed by atoms with Gasteiger partial charge in [0, 0.05) is 6.42 Å². The van der Waals surface area contributed by atoms with Gasteiger partial charge in [-0.05, 0) is 44.9 Å². The van der Waals surface area contributed by atoms with Crippen LogP contribution in [0.1, 0.15) is 373 Å². The number of phosphoric ester groups is 1. The van der Waals surface area contributed by atoms with Gasteiger partial charge >= 0.3 is 0 Å². The fourth-order valence-corrected chi connectivity index (χ4v) is 11.9. The van der Waals surface area contributed by atoms with Crippen molar-refractivity contribution in [3.63, 3.8) is 0 Å². The van der Waals surface area contributed by atoms with E-state index in [0.717, 1.165) is 44.9 Å². The van der Waals surface area contributed by atoms with Gasteiger partial charge in [-0.2, -0.15) is 0 Å². The first kappa shape index (κ1) is 80.7. The van der Waals surface area contributed by atoms with Crippen molar-refractivity contribution in [3.05, 3.63) is 36.5 Å². The summed E-state index contributed by atoms with van der Waals surface area (Å²) in [5.41, 5.74) is 0. The predicted octanol–water partition coefficient (Wildman–Crippen LogP) is 22.6. The van der Waals surface area contributed by atoms with Gasteiger partial charge in [0.2, 0.25) is 5.91 Å². The highest BCUT2D eigenvalue weighted by Crippen LogP contribution is 2.38. The fourth-order valence-electron chi connectivity index (χ4n) is 11.2. The molecule has 0 bridgehead atoms. The van der Waals surface area contributed by atoms with E-state index in [0.29, 0.717) is 17.4 Å². The molecular formula is C73H143N2O6P. The van der Waals surface area contributed by atoms with Gasteiger partial charge in [0.25, 0.3) is 7.82 Å². The highest BCUT2D eigenvalue weighted by molar-refractivity contribution is 7.45. The summed E-state index contributed by atoms with van der Waals surface area (Å²) in [5, 5.41) is 13.9. The van der Waals surface area contributed by atoms with E-state index < -0.39 is 26.6 Å². The predicted molar refractivity (Wildman–Crippen MR) is 358 cm³/mol. The van der Waals surface area contributed by atoms with Crippen molar-refractivity contribution in [2.75, 3.05) is 40.9 Å². The molecule has 0 spiro atoms. The molecule has 1 amide bonds. The Hall–Kier alpha value is -1.28. The molecule has 0 aliphatic heterocycles. The molecule has 0 aliphatic rings. The lowest BCUT2D eigenvalue weighted by Gasteiger charge is -2.29. The van der Waals surface area contributed by atoms with Crippen LogP contribution < -0.4 is 10.2 Å². The Morgan fingerprint density at radius 3 is 0.988 bits per heavy atom. The summed E-state index contributed by atoms with van der Waals surface area (Å²) in [7, 11) is 1.25. The van der Waals surface area contributed by atoms with Gasteiger partial charge < -0.3 is 28.8 Å². The highest BCUT2D eigenvalue weighted by Gasteiger charge is 2.23. The van der Waals surface area contributed by atoms with Crippen molar-refractivity contribution in [1.29, 1.82) is 0 Å². The standard InChI is InChI=1S/C73H143N2O6P/c1-6-8-10-12-14-16-18-20-22-24-26-28-30-32-34-36-38-40-42-44-46-48-50-52-54-56-58-60-62-64-66-72(76)71(70-81-82(78,79)80-69-68-75(3,4)5)74-73(77)67-65-63-61-59-57-55-53-51-49-47-45-43-41-39-37-35-33-31-29-27-25-23-21-19-17-15-13-11-9-7-2/h48,50,56,58,64,66,71-72,76H,6-47,49,51-55,57,59-63,65,67-70H2,1-5H3,(H-,74,77,78,79)/b50-48+,58-56+,66-64+. The van der Waals surface area contributed by atoms with Gasteiger partial charge in [-0.3, -0.25) is 9.36 Å². The Labute approximate surface area is 512 Å². The first-order valence-electron chi connectivity index (χ1n) is 36.4. The van der Waals surface area contributed by atoms with Gasteiger partial charge in [-0.1, -0.05) is 359 Å². The summed E-state index contributed by atoms with van der Waals surface area (Å²) in [4.78, 5) is 25.6. The van der Waals surface area contributed by atoms with Gasteiger partial charge in [0.05, 0.1) is 39.9 Å². The van der Waals surface area contributed by atoms with Gasteiger partial charge in [-0.25, -0.2) is 0 Å². The molecule has 0 aromatic carbocycles. The number of aliphatic hydroxyl groups is 1. The fraction of sp³-hybridized carbons (Fsp3) is 0.904. The molecule has 0 rings (SSSR count). The number of nitrogens with zero attached hydrogens (tertiary/aromatic N) is 1. The topological polar surface area (TPSA) is 108 Å². The third-order valence-electron chi connectivity index (χ3n) is 16.8. The number of aliphatic hydroxyl groups excluding tert-OH is 1. The number of phosphoric acid groups is 1. The van der Waals surface area contributed by atoms with Crippen LogP contribution >= 0.6 is 7.82 Å². The second-order valence-electron chi connectivity index (χ2n) is 26.3. The number of hydrogen-bond donors (Lipinski definition) is 2. The van der Waals surface area contributed by atoms with Crippen molar-refractivity contribution < 1.29 is 32.9 Å². The van der Waals surface area contributed by atoms with Crippen molar-refractivity contribution in [1.82, 2.24) is 5.32 Å². The molecule has 0 aromatic rings. The van der Waals surface area contributed by atoms with Gasteiger partial charge in [0.15, 0.2) is 0 Å². The second kappa shape index (κ2) is 64.2. The molecule has 3 atom stereocenters. The molecule has 82 heavy (non-hydrogen) atoms. The van der Waals surface area contributed by atoms with Gasteiger partial charge in [0.1, 0.15) is 13.2 Å². The van der Waals surface area contributed by atoms with E-state index in [9.17, 15) is 19.4 Å². The number of carbonyl (C=O) groups is 1. The maximum Gasteiger partial charge on any atom is 0.268 e. The van der Waals surface area contributed by atoms with E-state index in [1.807, 2.05) is 27.2 Å². The molecule has 0 fully saturated rings. The number of hydrogen-bond acceptors (Lipinski definition) is 6. The van der Waals surface area contributed by atoms with E-state index in [1.54, 1.807) is 6.08 Å². The maximum absolute atomic E-state index is 13.0. The lowest BCUT2D eigenvalue weighted by atomic mass is 10.0. The molecule has 0 saturated heterocycles. The molecule has 2 N–H and O–H groups in total. The number of rotatable bonds is 68. The largest absolute Gasteiger partial charge is 0.756 e. The summed E-state index contributed by atoms with van der Waals surface area (Å²) in [6.45, 7) is 4.69. The van der Waals surface area contributed by atoms with Crippen LogP contribution in [0, 0.1) is 0 Å². The van der Waals surface area contributed by atoms with Crippen molar-refractivity contribution in [2.45, 2.75) is 386 Å². The van der Waals surface area contributed by atoms with Crippen LogP contribution in [0.15, 0.2) is 36.5 Å². The Balaban J connectivity index is 4.08. The lowest BCUT2D eigenvalue weighted by Crippen LogP contribution is -2.45. The minimum atomic E-state index is -4.62. The van der Waals surface area contributed by atoms with E-state index in [2.05, 4.69) is 43.5 Å². The summed E-state index contributed by atoms with van der Waals surface area (Å²) >= 11 is 0. The van der Waals surface area contributed by atoms with E-state index in [1.165, 1.54) is 308 Å². The minimum Gasteiger partial charge on any atom is -0.756 e. The number of carbonyl (C=O) groups excluding carboxylic acids is 1. The second-order valence-corrected chi connectivity index (χ2v) is 27.7. The van der Waals surface area contributed by atoms with Crippen LogP contribution in [0.25, 0.3) is 0 Å².